The van der Waals surface area contributed by atoms with Crippen LogP contribution < -0.4 is 11.2 Å². The number of aryl methyl sites for hydroxylation is 1. The van der Waals surface area contributed by atoms with Crippen LogP contribution in [0.2, 0.25) is 0 Å². The van der Waals surface area contributed by atoms with Gasteiger partial charge in [0.25, 0.3) is 5.56 Å². The lowest BCUT2D eigenvalue weighted by Crippen LogP contribution is -2.31. The van der Waals surface area contributed by atoms with Gasteiger partial charge in [-0.2, -0.15) is 0 Å². The summed E-state index contributed by atoms with van der Waals surface area (Å²) in [5, 5.41) is 8.58. The van der Waals surface area contributed by atoms with Crippen molar-refractivity contribution in [2.75, 3.05) is 6.61 Å². The minimum atomic E-state index is -0.418. The minimum absolute atomic E-state index is 0.0327. The average molecular weight is 184 g/mol. The van der Waals surface area contributed by atoms with Gasteiger partial charge in [-0.25, -0.2) is 4.79 Å². The standard InChI is InChI=1S/C8H12N2O3/c1-6-5-7(12)9-8(13)10(6)3-2-4-11/h5,11H,2-4H2,1H3,(H,9,12,13). The zero-order valence-electron chi connectivity index (χ0n) is 7.41. The fraction of sp³-hybridized carbons (Fsp3) is 0.500. The molecule has 5 heteroatoms. The molecule has 1 heterocycles. The maximum absolute atomic E-state index is 11.2. The molecule has 13 heavy (non-hydrogen) atoms. The average Bonchev–Trinajstić information content (AvgIpc) is 2.02. The molecule has 0 radical (unpaired) electrons. The summed E-state index contributed by atoms with van der Waals surface area (Å²) in [6, 6.07) is 1.36. The number of aromatic nitrogens is 2. The van der Waals surface area contributed by atoms with E-state index in [0.29, 0.717) is 18.7 Å². The van der Waals surface area contributed by atoms with Crippen LogP contribution in [0.1, 0.15) is 12.1 Å². The van der Waals surface area contributed by atoms with Gasteiger partial charge in [0, 0.05) is 24.9 Å². The number of nitrogens with one attached hydrogen (secondary N) is 1. The quantitative estimate of drug-likeness (QED) is 0.647. The SMILES string of the molecule is Cc1cc(=O)[nH]c(=O)n1CCCO. The smallest absolute Gasteiger partial charge is 0.328 e. The Morgan fingerprint density at radius 1 is 1.54 bits per heavy atom. The van der Waals surface area contributed by atoms with E-state index in [1.165, 1.54) is 10.6 Å². The maximum Gasteiger partial charge on any atom is 0.328 e. The monoisotopic (exact) mass is 184 g/mol. The molecule has 0 aliphatic carbocycles. The normalized spacial score (nSPS) is 10.3. The molecule has 0 atom stereocenters. The number of aliphatic hydroxyl groups excluding tert-OH is 1. The van der Waals surface area contributed by atoms with Crippen molar-refractivity contribution in [1.29, 1.82) is 0 Å². The first-order chi connectivity index (χ1) is 6.15. The molecular weight excluding hydrogens is 172 g/mol. The van der Waals surface area contributed by atoms with Crippen LogP contribution in [0.15, 0.2) is 15.7 Å². The molecule has 0 unspecified atom stereocenters. The van der Waals surface area contributed by atoms with Crippen molar-refractivity contribution >= 4 is 0 Å². The van der Waals surface area contributed by atoms with Crippen molar-refractivity contribution in [3.63, 3.8) is 0 Å². The molecule has 0 aromatic carbocycles. The van der Waals surface area contributed by atoms with Gasteiger partial charge in [-0.3, -0.25) is 14.3 Å². The molecule has 0 amide bonds. The number of aliphatic hydroxyl groups is 1. The molecule has 0 aliphatic rings. The van der Waals surface area contributed by atoms with E-state index in [2.05, 4.69) is 4.98 Å². The number of nitrogens with zero attached hydrogens (tertiary/aromatic N) is 1. The first-order valence-corrected chi connectivity index (χ1v) is 4.07. The second kappa shape index (κ2) is 4.04. The van der Waals surface area contributed by atoms with Crippen LogP contribution in [-0.2, 0) is 6.54 Å². The van der Waals surface area contributed by atoms with Gasteiger partial charge in [-0.05, 0) is 13.3 Å². The lowest BCUT2D eigenvalue weighted by molar-refractivity contribution is 0.278. The fourth-order valence-electron chi connectivity index (χ4n) is 1.14. The van der Waals surface area contributed by atoms with E-state index in [-0.39, 0.29) is 12.2 Å². The van der Waals surface area contributed by atoms with Crippen molar-refractivity contribution in [2.45, 2.75) is 19.9 Å². The van der Waals surface area contributed by atoms with Crippen LogP contribution in [0.4, 0.5) is 0 Å². The van der Waals surface area contributed by atoms with Gasteiger partial charge in [0.15, 0.2) is 0 Å². The number of H-pyrrole nitrogens is 1. The Hall–Kier alpha value is -1.36. The van der Waals surface area contributed by atoms with Crippen molar-refractivity contribution in [1.82, 2.24) is 9.55 Å². The highest BCUT2D eigenvalue weighted by Gasteiger charge is 2.00. The lowest BCUT2D eigenvalue weighted by atomic mass is 10.4. The highest BCUT2D eigenvalue weighted by Crippen LogP contribution is 1.90. The molecule has 1 rings (SSSR count). The zero-order valence-corrected chi connectivity index (χ0v) is 7.41. The summed E-state index contributed by atoms with van der Waals surface area (Å²) in [5.41, 5.74) is -0.191. The summed E-state index contributed by atoms with van der Waals surface area (Å²) >= 11 is 0. The molecule has 0 saturated carbocycles. The predicted molar refractivity (Wildman–Crippen MR) is 47.8 cm³/mol. The second-order valence-electron chi connectivity index (χ2n) is 2.81. The van der Waals surface area contributed by atoms with Gasteiger partial charge in [0.05, 0.1) is 0 Å². The molecule has 72 valence electrons. The van der Waals surface area contributed by atoms with E-state index in [0.717, 1.165) is 0 Å². The van der Waals surface area contributed by atoms with Crippen molar-refractivity contribution in [2.24, 2.45) is 0 Å². The fourth-order valence-corrected chi connectivity index (χ4v) is 1.14. The third-order valence-corrected chi connectivity index (χ3v) is 1.78. The molecular formula is C8H12N2O3. The highest BCUT2D eigenvalue weighted by molar-refractivity contribution is 4.98. The van der Waals surface area contributed by atoms with E-state index in [1.54, 1.807) is 6.92 Å². The Kier molecular flexibility index (Phi) is 3.02. The first-order valence-electron chi connectivity index (χ1n) is 4.07. The summed E-state index contributed by atoms with van der Waals surface area (Å²) in [5.74, 6) is 0. The van der Waals surface area contributed by atoms with E-state index in [1.807, 2.05) is 0 Å². The van der Waals surface area contributed by atoms with Gasteiger partial charge in [0.2, 0.25) is 0 Å². The topological polar surface area (TPSA) is 75.1 Å². The van der Waals surface area contributed by atoms with Gasteiger partial charge >= 0.3 is 5.69 Å². The van der Waals surface area contributed by atoms with Gasteiger partial charge in [0.1, 0.15) is 0 Å². The number of rotatable bonds is 3. The largest absolute Gasteiger partial charge is 0.396 e. The summed E-state index contributed by atoms with van der Waals surface area (Å²) in [6.07, 6.45) is 0.507. The van der Waals surface area contributed by atoms with Crippen LogP contribution in [0.25, 0.3) is 0 Å². The highest BCUT2D eigenvalue weighted by atomic mass is 16.3. The predicted octanol–water partition coefficient (Wildman–Crippen LogP) is -0.773. The van der Waals surface area contributed by atoms with E-state index >= 15 is 0 Å². The lowest BCUT2D eigenvalue weighted by Gasteiger charge is -2.06. The Morgan fingerprint density at radius 2 is 2.23 bits per heavy atom. The molecule has 0 spiro atoms. The number of aromatic amines is 1. The summed E-state index contributed by atoms with van der Waals surface area (Å²) in [7, 11) is 0. The molecule has 0 saturated heterocycles. The third-order valence-electron chi connectivity index (χ3n) is 1.78. The van der Waals surface area contributed by atoms with Crippen molar-refractivity contribution in [3.8, 4) is 0 Å². The van der Waals surface area contributed by atoms with Gasteiger partial charge < -0.3 is 5.11 Å². The van der Waals surface area contributed by atoms with Crippen LogP contribution in [-0.4, -0.2) is 21.3 Å². The van der Waals surface area contributed by atoms with Crippen LogP contribution in [0.3, 0.4) is 0 Å². The van der Waals surface area contributed by atoms with Crippen molar-refractivity contribution in [3.05, 3.63) is 32.6 Å². The molecule has 5 nitrogen and oxygen atoms in total. The van der Waals surface area contributed by atoms with Crippen LogP contribution in [0, 0.1) is 6.92 Å². The number of hydrogen-bond acceptors (Lipinski definition) is 3. The van der Waals surface area contributed by atoms with Gasteiger partial charge in [-0.15, -0.1) is 0 Å². The number of hydrogen-bond donors (Lipinski definition) is 2. The van der Waals surface area contributed by atoms with E-state index in [9.17, 15) is 9.59 Å². The Balaban J connectivity index is 3.07. The zero-order chi connectivity index (χ0) is 9.84. The molecule has 0 aliphatic heterocycles. The second-order valence-corrected chi connectivity index (χ2v) is 2.81. The molecule has 0 fully saturated rings. The van der Waals surface area contributed by atoms with E-state index in [4.69, 9.17) is 5.11 Å². The van der Waals surface area contributed by atoms with Crippen molar-refractivity contribution < 1.29 is 5.11 Å². The maximum atomic E-state index is 11.2. The Labute approximate surface area is 74.7 Å². The molecule has 1 aromatic rings. The van der Waals surface area contributed by atoms with Crippen LogP contribution in [0.5, 0.6) is 0 Å². The Bertz CT molecular complexity index is 391. The molecule has 2 N–H and O–H groups in total. The van der Waals surface area contributed by atoms with E-state index < -0.39 is 5.69 Å². The summed E-state index contributed by atoms with van der Waals surface area (Å²) in [4.78, 5) is 24.2. The summed E-state index contributed by atoms with van der Waals surface area (Å²) < 4.78 is 1.43. The first kappa shape index (κ1) is 9.73. The summed E-state index contributed by atoms with van der Waals surface area (Å²) in [6.45, 7) is 2.15. The minimum Gasteiger partial charge on any atom is -0.396 e. The van der Waals surface area contributed by atoms with Crippen LogP contribution >= 0.6 is 0 Å². The third kappa shape index (κ3) is 2.29. The van der Waals surface area contributed by atoms with Gasteiger partial charge in [-0.1, -0.05) is 0 Å². The Morgan fingerprint density at radius 3 is 2.77 bits per heavy atom. The molecule has 1 aromatic heterocycles. The molecule has 0 bridgehead atoms.